The van der Waals surface area contributed by atoms with Gasteiger partial charge in [0, 0.05) is 11.1 Å². The molecule has 0 saturated heterocycles. The second-order valence-electron chi connectivity index (χ2n) is 4.72. The van der Waals surface area contributed by atoms with Crippen molar-refractivity contribution in [3.8, 4) is 11.5 Å². The first-order chi connectivity index (χ1) is 9.52. The van der Waals surface area contributed by atoms with Gasteiger partial charge in [0.2, 0.25) is 0 Å². The number of para-hydroxylation sites is 1. The highest BCUT2D eigenvalue weighted by Gasteiger charge is 2.31. The zero-order valence-corrected chi connectivity index (χ0v) is 11.8. The lowest BCUT2D eigenvalue weighted by Gasteiger charge is -2.28. The minimum Gasteiger partial charge on any atom is -0.496 e. The first-order valence-corrected chi connectivity index (χ1v) is 6.27. The van der Waals surface area contributed by atoms with Crippen molar-refractivity contribution in [1.29, 1.82) is 0 Å². The Labute approximate surface area is 118 Å². The monoisotopic (exact) mass is 275 g/mol. The largest absolute Gasteiger partial charge is 0.496 e. The van der Waals surface area contributed by atoms with Gasteiger partial charge in [0.25, 0.3) is 0 Å². The molecule has 1 atom stereocenters. The number of ether oxygens (including phenoxy) is 2. The number of hydrogen-bond acceptors (Lipinski definition) is 3. The van der Waals surface area contributed by atoms with Crippen LogP contribution in [0.15, 0.2) is 42.5 Å². The number of halogens is 1. The van der Waals surface area contributed by atoms with Crippen LogP contribution in [0.1, 0.15) is 18.1 Å². The summed E-state index contributed by atoms with van der Waals surface area (Å²) >= 11 is 0. The number of benzene rings is 2. The zero-order chi connectivity index (χ0) is 14.8. The molecule has 20 heavy (non-hydrogen) atoms. The van der Waals surface area contributed by atoms with E-state index >= 15 is 0 Å². The molecule has 0 saturated carbocycles. The normalized spacial score (nSPS) is 13.7. The third-order valence-corrected chi connectivity index (χ3v) is 3.41. The molecule has 2 rings (SSSR count). The lowest BCUT2D eigenvalue weighted by molar-refractivity contribution is 0.374. The van der Waals surface area contributed by atoms with E-state index in [4.69, 9.17) is 15.2 Å². The van der Waals surface area contributed by atoms with Crippen LogP contribution in [0.5, 0.6) is 11.5 Å². The minimum absolute atomic E-state index is 0.175. The molecule has 4 heteroatoms. The molecule has 1 unspecified atom stereocenters. The summed E-state index contributed by atoms with van der Waals surface area (Å²) in [5.41, 5.74) is 6.44. The van der Waals surface area contributed by atoms with Gasteiger partial charge in [-0.15, -0.1) is 0 Å². The maximum atomic E-state index is 14.4. The lowest BCUT2D eigenvalue weighted by Crippen LogP contribution is -2.35. The van der Waals surface area contributed by atoms with Gasteiger partial charge in [-0.2, -0.15) is 0 Å². The Morgan fingerprint density at radius 2 is 1.45 bits per heavy atom. The van der Waals surface area contributed by atoms with Crippen LogP contribution in [0.2, 0.25) is 0 Å². The van der Waals surface area contributed by atoms with E-state index in [-0.39, 0.29) is 5.75 Å². The molecule has 0 radical (unpaired) electrons. The van der Waals surface area contributed by atoms with Crippen molar-refractivity contribution in [2.24, 2.45) is 5.73 Å². The summed E-state index contributed by atoms with van der Waals surface area (Å²) in [5, 5.41) is 0. The summed E-state index contributed by atoms with van der Waals surface area (Å²) in [5.74, 6) is 0.347. The SMILES string of the molecule is COc1ccccc1C(C)(N)c1cccc(OC)c1F. The molecule has 0 bridgehead atoms. The van der Waals surface area contributed by atoms with Crippen molar-refractivity contribution in [3.05, 3.63) is 59.4 Å². The van der Waals surface area contributed by atoms with Gasteiger partial charge in [0.05, 0.1) is 19.8 Å². The third kappa shape index (κ3) is 2.34. The van der Waals surface area contributed by atoms with Gasteiger partial charge in [-0.05, 0) is 19.1 Å². The second-order valence-corrected chi connectivity index (χ2v) is 4.72. The molecule has 2 aromatic carbocycles. The second kappa shape index (κ2) is 5.51. The van der Waals surface area contributed by atoms with E-state index in [1.165, 1.54) is 7.11 Å². The van der Waals surface area contributed by atoms with E-state index in [1.807, 2.05) is 18.2 Å². The van der Waals surface area contributed by atoms with E-state index < -0.39 is 11.4 Å². The van der Waals surface area contributed by atoms with Gasteiger partial charge in [-0.1, -0.05) is 30.3 Å². The molecule has 0 amide bonds. The highest BCUT2D eigenvalue weighted by Crippen LogP contribution is 2.36. The number of nitrogens with two attached hydrogens (primary N) is 1. The van der Waals surface area contributed by atoms with E-state index in [9.17, 15) is 4.39 Å². The molecule has 0 heterocycles. The van der Waals surface area contributed by atoms with Crippen molar-refractivity contribution in [2.45, 2.75) is 12.5 Å². The lowest BCUT2D eigenvalue weighted by atomic mass is 9.84. The molecule has 0 aliphatic carbocycles. The maximum absolute atomic E-state index is 14.4. The quantitative estimate of drug-likeness (QED) is 0.932. The fourth-order valence-corrected chi connectivity index (χ4v) is 2.29. The summed E-state index contributed by atoms with van der Waals surface area (Å²) in [6.07, 6.45) is 0. The molecule has 0 aliphatic heterocycles. The van der Waals surface area contributed by atoms with Crippen LogP contribution in [0.25, 0.3) is 0 Å². The van der Waals surface area contributed by atoms with Crippen molar-refractivity contribution in [1.82, 2.24) is 0 Å². The fourth-order valence-electron chi connectivity index (χ4n) is 2.29. The van der Waals surface area contributed by atoms with Crippen LogP contribution in [-0.2, 0) is 5.54 Å². The third-order valence-electron chi connectivity index (χ3n) is 3.41. The van der Waals surface area contributed by atoms with Gasteiger partial charge in [-0.25, -0.2) is 4.39 Å². The van der Waals surface area contributed by atoms with Crippen molar-refractivity contribution in [2.75, 3.05) is 14.2 Å². The van der Waals surface area contributed by atoms with Crippen LogP contribution in [0.4, 0.5) is 4.39 Å². The van der Waals surface area contributed by atoms with E-state index in [2.05, 4.69) is 0 Å². The average Bonchev–Trinajstić information content (AvgIpc) is 2.47. The standard InChI is InChI=1S/C16H18FNO2/c1-16(18,11-7-4-5-9-13(11)19-2)12-8-6-10-14(20-3)15(12)17/h4-10H,18H2,1-3H3. The van der Waals surface area contributed by atoms with Crippen molar-refractivity contribution < 1.29 is 13.9 Å². The average molecular weight is 275 g/mol. The summed E-state index contributed by atoms with van der Waals surface area (Å²) in [4.78, 5) is 0. The predicted molar refractivity (Wildman–Crippen MR) is 76.6 cm³/mol. The van der Waals surface area contributed by atoms with Gasteiger partial charge >= 0.3 is 0 Å². The number of rotatable bonds is 4. The van der Waals surface area contributed by atoms with Crippen LogP contribution < -0.4 is 15.2 Å². The molecule has 2 N–H and O–H groups in total. The Morgan fingerprint density at radius 1 is 0.900 bits per heavy atom. The van der Waals surface area contributed by atoms with Gasteiger partial charge in [-0.3, -0.25) is 0 Å². The predicted octanol–water partition coefficient (Wildman–Crippen LogP) is 3.07. The first kappa shape index (κ1) is 14.3. The van der Waals surface area contributed by atoms with Crippen molar-refractivity contribution >= 4 is 0 Å². The Balaban J connectivity index is 2.60. The topological polar surface area (TPSA) is 44.5 Å². The summed E-state index contributed by atoms with van der Waals surface area (Å²) in [6, 6.07) is 12.3. The molecular weight excluding hydrogens is 257 g/mol. The molecule has 2 aromatic rings. The zero-order valence-electron chi connectivity index (χ0n) is 11.8. The molecule has 0 aliphatic rings. The van der Waals surface area contributed by atoms with E-state index in [1.54, 1.807) is 38.3 Å². The maximum Gasteiger partial charge on any atom is 0.170 e. The van der Waals surface area contributed by atoms with Crippen molar-refractivity contribution in [3.63, 3.8) is 0 Å². The summed E-state index contributed by atoms with van der Waals surface area (Å²) in [7, 11) is 3.00. The van der Waals surface area contributed by atoms with Crippen LogP contribution in [0.3, 0.4) is 0 Å². The van der Waals surface area contributed by atoms with Gasteiger partial charge in [0.15, 0.2) is 11.6 Å². The number of hydrogen-bond donors (Lipinski definition) is 1. The Kier molecular flexibility index (Phi) is 3.95. The smallest absolute Gasteiger partial charge is 0.170 e. The van der Waals surface area contributed by atoms with E-state index in [0.29, 0.717) is 11.3 Å². The molecule has 0 aromatic heterocycles. The Hall–Kier alpha value is -2.07. The molecule has 106 valence electrons. The molecule has 3 nitrogen and oxygen atoms in total. The number of methoxy groups -OCH3 is 2. The van der Waals surface area contributed by atoms with Crippen LogP contribution in [0, 0.1) is 5.82 Å². The first-order valence-electron chi connectivity index (χ1n) is 6.27. The fraction of sp³-hybridized carbons (Fsp3) is 0.250. The van der Waals surface area contributed by atoms with Crippen LogP contribution >= 0.6 is 0 Å². The summed E-state index contributed by atoms with van der Waals surface area (Å²) in [6.45, 7) is 1.75. The Morgan fingerprint density at radius 3 is 2.10 bits per heavy atom. The van der Waals surface area contributed by atoms with Gasteiger partial charge in [0.1, 0.15) is 5.75 Å². The van der Waals surface area contributed by atoms with Gasteiger partial charge < -0.3 is 15.2 Å². The molecule has 0 fully saturated rings. The van der Waals surface area contributed by atoms with E-state index in [0.717, 1.165) is 5.56 Å². The van der Waals surface area contributed by atoms with Crippen LogP contribution in [-0.4, -0.2) is 14.2 Å². The minimum atomic E-state index is -1.02. The molecular formula is C16H18FNO2. The highest BCUT2D eigenvalue weighted by molar-refractivity contribution is 5.47. The Bertz CT molecular complexity index is 611. The highest BCUT2D eigenvalue weighted by atomic mass is 19.1. The molecule has 0 spiro atoms. The summed E-state index contributed by atoms with van der Waals surface area (Å²) < 4.78 is 24.8.